The molecular weight excluding hydrogens is 450 g/mol. The molecule has 2 aromatic rings. The van der Waals surface area contributed by atoms with E-state index in [0.29, 0.717) is 57.4 Å². The molecular formula is C22H29N3O7S. The van der Waals surface area contributed by atoms with Gasteiger partial charge in [-0.1, -0.05) is 0 Å². The van der Waals surface area contributed by atoms with Crippen LogP contribution in [0.5, 0.6) is 0 Å². The molecule has 33 heavy (non-hydrogen) atoms. The van der Waals surface area contributed by atoms with Crippen LogP contribution >= 0.6 is 0 Å². The van der Waals surface area contributed by atoms with Crippen molar-refractivity contribution in [3.63, 3.8) is 0 Å². The summed E-state index contributed by atoms with van der Waals surface area (Å²) in [6, 6.07) is 4.35. The van der Waals surface area contributed by atoms with Gasteiger partial charge in [-0.15, -0.1) is 0 Å². The molecule has 180 valence electrons. The Labute approximate surface area is 192 Å². The average molecular weight is 480 g/mol. The molecule has 0 unspecified atom stereocenters. The number of likely N-dealkylation sites (tertiary alicyclic amines) is 1. The Morgan fingerprint density at radius 1 is 1.12 bits per heavy atom. The molecule has 0 spiro atoms. The van der Waals surface area contributed by atoms with Crippen molar-refractivity contribution in [2.24, 2.45) is 18.9 Å². The highest BCUT2D eigenvalue weighted by Crippen LogP contribution is 2.28. The molecule has 2 aliphatic heterocycles. The molecule has 2 atom stereocenters. The number of carbonyl (C=O) groups excluding carboxylic acids is 2. The van der Waals surface area contributed by atoms with Crippen molar-refractivity contribution < 1.29 is 27.2 Å². The number of sulfonamides is 1. The van der Waals surface area contributed by atoms with E-state index in [1.165, 1.54) is 21.0 Å². The van der Waals surface area contributed by atoms with E-state index in [9.17, 15) is 22.8 Å². The summed E-state index contributed by atoms with van der Waals surface area (Å²) >= 11 is 0. The summed E-state index contributed by atoms with van der Waals surface area (Å²) in [5.41, 5.74) is 0.707. The molecule has 11 heteroatoms. The summed E-state index contributed by atoms with van der Waals surface area (Å²) in [5.74, 6) is -1.77. The normalized spacial score (nSPS) is 22.4. The molecule has 1 aromatic carbocycles. The van der Waals surface area contributed by atoms with Gasteiger partial charge < -0.3 is 14.1 Å². The Kier molecular flexibility index (Phi) is 6.62. The van der Waals surface area contributed by atoms with E-state index < -0.39 is 21.7 Å². The van der Waals surface area contributed by atoms with E-state index in [1.807, 2.05) is 0 Å². The number of piperidine rings is 2. The van der Waals surface area contributed by atoms with Crippen molar-refractivity contribution in [2.45, 2.75) is 37.5 Å². The molecule has 0 saturated carbocycles. The van der Waals surface area contributed by atoms with Gasteiger partial charge in [0.1, 0.15) is 0 Å². The van der Waals surface area contributed by atoms with Crippen LogP contribution < -0.4 is 5.76 Å². The second-order valence-corrected chi connectivity index (χ2v) is 10.6. The quantitative estimate of drug-likeness (QED) is 0.594. The highest BCUT2D eigenvalue weighted by atomic mass is 32.2. The standard InChI is InChI=1S/C22H29N3O7S/c1-3-31-21(27)16-7-4-10-24(13-16)20(26)15-6-5-11-25(14-15)33(29,30)17-8-9-18-19(12-17)32-22(28)23(18)2/h8-9,12,15-16H,3-7,10-11,13-14H2,1-2H3/t15-,16+/m1/s1. The Hall–Kier alpha value is -2.66. The SMILES string of the molecule is CCOC(=O)[C@H]1CCCN(C(=O)[C@@H]2CCCN(S(=O)(=O)c3ccc4c(c3)oc(=O)n4C)C2)C1. The lowest BCUT2D eigenvalue weighted by Crippen LogP contribution is -2.50. The van der Waals surface area contributed by atoms with Gasteiger partial charge in [0.2, 0.25) is 15.9 Å². The minimum atomic E-state index is -3.87. The molecule has 2 fully saturated rings. The number of hydrogen-bond donors (Lipinski definition) is 0. The number of hydrogen-bond acceptors (Lipinski definition) is 7. The molecule has 2 saturated heterocycles. The zero-order valence-electron chi connectivity index (χ0n) is 18.9. The van der Waals surface area contributed by atoms with E-state index in [0.717, 1.165) is 0 Å². The van der Waals surface area contributed by atoms with Gasteiger partial charge in [-0.25, -0.2) is 13.2 Å². The monoisotopic (exact) mass is 479 g/mol. The van der Waals surface area contributed by atoms with Gasteiger partial charge in [-0.05, 0) is 44.7 Å². The highest BCUT2D eigenvalue weighted by molar-refractivity contribution is 7.89. The van der Waals surface area contributed by atoms with Crippen LogP contribution in [0.1, 0.15) is 32.6 Å². The van der Waals surface area contributed by atoms with Gasteiger partial charge in [0.25, 0.3) is 0 Å². The van der Waals surface area contributed by atoms with Crippen molar-refractivity contribution in [1.29, 1.82) is 0 Å². The first-order chi connectivity index (χ1) is 15.7. The number of oxazole rings is 1. The van der Waals surface area contributed by atoms with E-state index in [4.69, 9.17) is 9.15 Å². The Balaban J connectivity index is 1.49. The maximum atomic E-state index is 13.3. The second kappa shape index (κ2) is 9.30. The topological polar surface area (TPSA) is 119 Å². The van der Waals surface area contributed by atoms with Gasteiger partial charge in [0.15, 0.2) is 5.58 Å². The van der Waals surface area contributed by atoms with Gasteiger partial charge in [-0.2, -0.15) is 4.31 Å². The number of aromatic nitrogens is 1. The fourth-order valence-electron chi connectivity index (χ4n) is 4.67. The smallest absolute Gasteiger partial charge is 0.419 e. The lowest BCUT2D eigenvalue weighted by Gasteiger charge is -2.37. The van der Waals surface area contributed by atoms with Crippen molar-refractivity contribution in [3.8, 4) is 0 Å². The van der Waals surface area contributed by atoms with Crippen LogP contribution in [0.3, 0.4) is 0 Å². The lowest BCUT2D eigenvalue weighted by atomic mass is 9.94. The van der Waals surface area contributed by atoms with Crippen LogP contribution in [0, 0.1) is 11.8 Å². The summed E-state index contributed by atoms with van der Waals surface area (Å²) in [5, 5.41) is 0. The zero-order chi connectivity index (χ0) is 23.8. The molecule has 0 radical (unpaired) electrons. The third-order valence-electron chi connectivity index (χ3n) is 6.49. The number of aryl methyl sites for hydroxylation is 1. The first-order valence-corrected chi connectivity index (χ1v) is 12.7. The zero-order valence-corrected chi connectivity index (χ0v) is 19.7. The number of benzene rings is 1. The maximum absolute atomic E-state index is 13.3. The summed E-state index contributed by atoms with van der Waals surface area (Å²) < 4.78 is 39.5. The molecule has 0 bridgehead atoms. The second-order valence-electron chi connectivity index (χ2n) is 8.63. The maximum Gasteiger partial charge on any atom is 0.419 e. The molecule has 10 nitrogen and oxygen atoms in total. The summed E-state index contributed by atoms with van der Waals surface area (Å²) in [6.07, 6.45) is 2.56. The largest absolute Gasteiger partial charge is 0.466 e. The molecule has 1 amide bonds. The fraction of sp³-hybridized carbons (Fsp3) is 0.591. The average Bonchev–Trinajstić information content (AvgIpc) is 3.11. The molecule has 2 aliphatic rings. The Bertz CT molecular complexity index is 1220. The number of nitrogens with zero attached hydrogens (tertiary/aromatic N) is 3. The Morgan fingerprint density at radius 3 is 2.61 bits per heavy atom. The number of amides is 1. The predicted octanol–water partition coefficient (Wildman–Crippen LogP) is 1.33. The summed E-state index contributed by atoms with van der Waals surface area (Å²) in [6.45, 7) is 3.32. The number of carbonyl (C=O) groups is 2. The van der Waals surface area contributed by atoms with E-state index >= 15 is 0 Å². The minimum Gasteiger partial charge on any atom is -0.466 e. The number of rotatable bonds is 5. The van der Waals surface area contributed by atoms with Crippen molar-refractivity contribution in [3.05, 3.63) is 28.7 Å². The van der Waals surface area contributed by atoms with Crippen LogP contribution in [-0.4, -0.2) is 66.9 Å². The van der Waals surface area contributed by atoms with Crippen molar-refractivity contribution >= 4 is 33.0 Å². The first kappa shape index (κ1) is 23.5. The number of ether oxygens (including phenoxy) is 1. The van der Waals surface area contributed by atoms with E-state index in [1.54, 1.807) is 24.9 Å². The summed E-state index contributed by atoms with van der Waals surface area (Å²) in [7, 11) is -2.32. The molecule has 1 aromatic heterocycles. The van der Waals surface area contributed by atoms with Gasteiger partial charge in [0, 0.05) is 39.3 Å². The molecule has 3 heterocycles. The van der Waals surface area contributed by atoms with Crippen molar-refractivity contribution in [1.82, 2.24) is 13.8 Å². The van der Waals surface area contributed by atoms with Crippen LogP contribution in [0.15, 0.2) is 32.3 Å². The number of esters is 1. The third-order valence-corrected chi connectivity index (χ3v) is 8.35. The van der Waals surface area contributed by atoms with Gasteiger partial charge >= 0.3 is 11.7 Å². The third kappa shape index (κ3) is 4.56. The van der Waals surface area contributed by atoms with E-state index in [-0.39, 0.29) is 34.8 Å². The van der Waals surface area contributed by atoms with Crippen LogP contribution in [0.4, 0.5) is 0 Å². The van der Waals surface area contributed by atoms with Gasteiger partial charge in [0.05, 0.1) is 28.9 Å². The highest BCUT2D eigenvalue weighted by Gasteiger charge is 2.37. The lowest BCUT2D eigenvalue weighted by molar-refractivity contribution is -0.152. The summed E-state index contributed by atoms with van der Waals surface area (Å²) in [4.78, 5) is 38.8. The van der Waals surface area contributed by atoms with E-state index in [2.05, 4.69) is 0 Å². The molecule has 0 N–H and O–H groups in total. The predicted molar refractivity (Wildman–Crippen MR) is 119 cm³/mol. The minimum absolute atomic E-state index is 0.0257. The number of fused-ring (bicyclic) bond motifs is 1. The fourth-order valence-corrected chi connectivity index (χ4v) is 6.21. The van der Waals surface area contributed by atoms with Crippen LogP contribution in [-0.2, 0) is 31.4 Å². The first-order valence-electron chi connectivity index (χ1n) is 11.3. The van der Waals surface area contributed by atoms with Crippen LogP contribution in [0.2, 0.25) is 0 Å². The van der Waals surface area contributed by atoms with Crippen molar-refractivity contribution in [2.75, 3.05) is 32.8 Å². The Morgan fingerprint density at radius 2 is 1.85 bits per heavy atom. The molecule has 0 aliphatic carbocycles. The van der Waals surface area contributed by atoms with Crippen LogP contribution in [0.25, 0.3) is 11.1 Å². The van der Waals surface area contributed by atoms with Gasteiger partial charge in [-0.3, -0.25) is 14.2 Å². The molecule has 4 rings (SSSR count).